The lowest BCUT2D eigenvalue weighted by molar-refractivity contribution is 0.0698. The van der Waals surface area contributed by atoms with Crippen LogP contribution in [-0.2, 0) is 0 Å². The third-order valence-corrected chi connectivity index (χ3v) is 14.4. The molecule has 10 heteroatoms. The summed E-state index contributed by atoms with van der Waals surface area (Å²) in [6.45, 7) is 0. The number of nitrogens with zero attached hydrogens (tertiary/aromatic N) is 4. The number of pyridine rings is 2. The Bertz CT molecular complexity index is 3390. The monoisotopic (exact) mass is 874 g/mol. The Morgan fingerprint density at radius 2 is 1.31 bits per heavy atom. The van der Waals surface area contributed by atoms with E-state index in [1.54, 1.807) is 43.1 Å². The number of aromatic carboxylic acids is 1. The Balaban J connectivity index is 1.17. The molecular weight excluding hydrogens is 833 g/mol. The SMILES string of the molecule is COc1ccc(-c2cccs2)c(-c2ccc3cc(-c4nc5c(-c6ccc7ncccc7c6)c(C(=O)O)c(-c6cc(OC)ccc6-c6cccs6)cc5n4C4CCCCC4)ccc3n2)c1. The van der Waals surface area contributed by atoms with E-state index in [1.807, 2.05) is 66.0 Å². The topological polar surface area (TPSA) is 99.4 Å². The molecule has 5 heterocycles. The molecule has 0 unspecified atom stereocenters. The van der Waals surface area contributed by atoms with Crippen molar-refractivity contribution < 1.29 is 19.4 Å². The molecule has 0 amide bonds. The summed E-state index contributed by atoms with van der Waals surface area (Å²) in [5.74, 6) is 1.20. The van der Waals surface area contributed by atoms with Crippen LogP contribution >= 0.6 is 22.7 Å². The minimum atomic E-state index is -1.03. The summed E-state index contributed by atoms with van der Waals surface area (Å²) in [7, 11) is 3.33. The zero-order valence-electron chi connectivity index (χ0n) is 35.2. The van der Waals surface area contributed by atoms with Crippen molar-refractivity contribution in [3.05, 3.63) is 150 Å². The fourth-order valence-corrected chi connectivity index (χ4v) is 11.1. The summed E-state index contributed by atoms with van der Waals surface area (Å²) in [6.07, 6.45) is 7.16. The minimum absolute atomic E-state index is 0.160. The van der Waals surface area contributed by atoms with Gasteiger partial charge in [0, 0.05) is 55.0 Å². The van der Waals surface area contributed by atoms with E-state index in [0.717, 1.165) is 109 Å². The van der Waals surface area contributed by atoms with Gasteiger partial charge < -0.3 is 19.1 Å². The van der Waals surface area contributed by atoms with Crippen molar-refractivity contribution in [2.24, 2.45) is 0 Å². The highest BCUT2D eigenvalue weighted by Crippen LogP contribution is 2.47. The Labute approximate surface area is 378 Å². The number of thiophene rings is 2. The molecular formula is C54H42N4O4S2. The van der Waals surface area contributed by atoms with Gasteiger partial charge in [0.2, 0.25) is 0 Å². The largest absolute Gasteiger partial charge is 0.497 e. The maximum atomic E-state index is 14.0. The number of ether oxygens (including phenoxy) is 2. The van der Waals surface area contributed by atoms with Crippen molar-refractivity contribution in [3.63, 3.8) is 0 Å². The molecule has 1 aliphatic carbocycles. The van der Waals surface area contributed by atoms with Gasteiger partial charge in [-0.1, -0.05) is 49.6 Å². The first-order chi connectivity index (χ1) is 31.4. The standard InChI is InChI=1S/C54H42N4O4S2/c1-61-37-17-19-39(48-12-7-25-63-48)41(29-37)43-31-47-52(50(51(43)54(59)60)34-15-21-44-32(27-34)9-6-24-55-44)57-53(58(47)36-10-4-3-5-11-36)35-16-22-45-33(28-35)14-23-46(56-45)42-30-38(62-2)18-20-40(42)49-13-8-26-64-49/h6-9,12-31,36H,3-5,10-11H2,1-2H3,(H,59,60). The average molecular weight is 875 g/mol. The van der Waals surface area contributed by atoms with Gasteiger partial charge in [-0.15, -0.1) is 22.7 Å². The summed E-state index contributed by atoms with van der Waals surface area (Å²) in [5, 5.41) is 17.5. The summed E-state index contributed by atoms with van der Waals surface area (Å²) in [6, 6.07) is 43.2. The molecule has 1 aliphatic rings. The molecule has 10 aromatic rings. The molecule has 1 saturated carbocycles. The summed E-state index contributed by atoms with van der Waals surface area (Å²) >= 11 is 3.33. The number of rotatable bonds is 10. The van der Waals surface area contributed by atoms with Crippen molar-refractivity contribution in [1.29, 1.82) is 0 Å². The van der Waals surface area contributed by atoms with Crippen molar-refractivity contribution in [3.8, 4) is 77.3 Å². The lowest BCUT2D eigenvalue weighted by atomic mass is 9.87. The zero-order chi connectivity index (χ0) is 43.3. The average Bonchev–Trinajstić information content (AvgIpc) is 4.16. The molecule has 0 saturated heterocycles. The molecule has 0 bridgehead atoms. The van der Waals surface area contributed by atoms with Crippen LogP contribution in [0.4, 0.5) is 0 Å². The van der Waals surface area contributed by atoms with Gasteiger partial charge in [0.25, 0.3) is 0 Å². The van der Waals surface area contributed by atoms with Crippen LogP contribution < -0.4 is 9.47 Å². The highest BCUT2D eigenvalue weighted by Gasteiger charge is 2.30. The first kappa shape index (κ1) is 39.7. The molecule has 64 heavy (non-hydrogen) atoms. The number of carboxylic acid groups (broad SMARTS) is 1. The summed E-state index contributed by atoms with van der Waals surface area (Å²) in [5.41, 5.74) is 11.0. The second kappa shape index (κ2) is 16.5. The second-order valence-corrected chi connectivity index (χ2v) is 18.1. The van der Waals surface area contributed by atoms with E-state index in [2.05, 4.69) is 81.7 Å². The maximum absolute atomic E-state index is 14.0. The number of carboxylic acids is 1. The van der Waals surface area contributed by atoms with Gasteiger partial charge >= 0.3 is 5.97 Å². The number of carbonyl (C=O) groups is 1. The van der Waals surface area contributed by atoms with Gasteiger partial charge in [-0.05, 0) is 143 Å². The predicted molar refractivity (Wildman–Crippen MR) is 261 cm³/mol. The molecule has 5 aromatic carbocycles. The van der Waals surface area contributed by atoms with E-state index < -0.39 is 5.97 Å². The van der Waals surface area contributed by atoms with Crippen LogP contribution in [0.5, 0.6) is 11.5 Å². The fourth-order valence-electron chi connectivity index (χ4n) is 9.53. The van der Waals surface area contributed by atoms with Gasteiger partial charge in [0.1, 0.15) is 17.3 Å². The number of hydrogen-bond donors (Lipinski definition) is 1. The number of benzene rings is 5. The van der Waals surface area contributed by atoms with Crippen LogP contribution in [0.1, 0.15) is 48.5 Å². The normalized spacial score (nSPS) is 13.2. The minimum Gasteiger partial charge on any atom is -0.497 e. The first-order valence-corrected chi connectivity index (χ1v) is 23.2. The zero-order valence-corrected chi connectivity index (χ0v) is 36.9. The maximum Gasteiger partial charge on any atom is 0.337 e. The van der Waals surface area contributed by atoms with Gasteiger partial charge in [0.15, 0.2) is 0 Å². The Morgan fingerprint density at radius 1 is 0.641 bits per heavy atom. The van der Waals surface area contributed by atoms with Crippen LogP contribution in [0.25, 0.3) is 98.6 Å². The van der Waals surface area contributed by atoms with E-state index in [0.29, 0.717) is 22.4 Å². The summed E-state index contributed by atoms with van der Waals surface area (Å²) in [4.78, 5) is 31.6. The van der Waals surface area contributed by atoms with Crippen LogP contribution in [0.3, 0.4) is 0 Å². The Hall–Kier alpha value is -7.14. The number of fused-ring (bicyclic) bond motifs is 3. The molecule has 314 valence electrons. The van der Waals surface area contributed by atoms with E-state index in [-0.39, 0.29) is 11.6 Å². The number of imidazole rings is 1. The van der Waals surface area contributed by atoms with E-state index >= 15 is 0 Å². The van der Waals surface area contributed by atoms with Gasteiger partial charge in [-0.25, -0.2) is 14.8 Å². The predicted octanol–water partition coefficient (Wildman–Crippen LogP) is 14.5. The van der Waals surface area contributed by atoms with Crippen molar-refractivity contribution in [2.75, 3.05) is 14.2 Å². The molecule has 0 radical (unpaired) electrons. The quantitative estimate of drug-likeness (QED) is 0.146. The highest BCUT2D eigenvalue weighted by molar-refractivity contribution is 7.13. The fraction of sp³-hybridized carbons (Fsp3) is 0.148. The number of hydrogen-bond acceptors (Lipinski definition) is 8. The van der Waals surface area contributed by atoms with E-state index in [4.69, 9.17) is 19.4 Å². The molecule has 5 aromatic heterocycles. The van der Waals surface area contributed by atoms with E-state index in [1.165, 1.54) is 11.3 Å². The van der Waals surface area contributed by atoms with Crippen LogP contribution in [0, 0.1) is 0 Å². The van der Waals surface area contributed by atoms with Crippen LogP contribution in [0.2, 0.25) is 0 Å². The second-order valence-electron chi connectivity index (χ2n) is 16.2. The van der Waals surface area contributed by atoms with Crippen molar-refractivity contribution >= 4 is 61.5 Å². The smallest absolute Gasteiger partial charge is 0.337 e. The third-order valence-electron chi connectivity index (χ3n) is 12.6. The lowest BCUT2D eigenvalue weighted by Gasteiger charge is -2.26. The molecule has 11 rings (SSSR count). The molecule has 1 N–H and O–H groups in total. The van der Waals surface area contributed by atoms with Crippen molar-refractivity contribution in [2.45, 2.75) is 38.1 Å². The lowest BCUT2D eigenvalue weighted by Crippen LogP contribution is -2.14. The van der Waals surface area contributed by atoms with Crippen molar-refractivity contribution in [1.82, 2.24) is 19.5 Å². The molecule has 8 nitrogen and oxygen atoms in total. The molecule has 1 fully saturated rings. The molecule has 0 spiro atoms. The van der Waals surface area contributed by atoms with Gasteiger partial charge in [0.05, 0.1) is 47.5 Å². The highest BCUT2D eigenvalue weighted by atomic mass is 32.1. The third kappa shape index (κ3) is 6.99. The first-order valence-electron chi connectivity index (χ1n) is 21.5. The number of aromatic nitrogens is 4. The Kier molecular flexibility index (Phi) is 10.2. The van der Waals surface area contributed by atoms with Gasteiger partial charge in [-0.2, -0.15) is 0 Å². The molecule has 0 atom stereocenters. The van der Waals surface area contributed by atoms with Crippen LogP contribution in [0.15, 0.2) is 144 Å². The van der Waals surface area contributed by atoms with E-state index in [9.17, 15) is 9.90 Å². The Morgan fingerprint density at radius 3 is 2.02 bits per heavy atom. The van der Waals surface area contributed by atoms with Gasteiger partial charge in [-0.3, -0.25) is 4.98 Å². The molecule has 0 aliphatic heterocycles. The number of methoxy groups -OCH3 is 2. The van der Waals surface area contributed by atoms with Crippen LogP contribution in [-0.4, -0.2) is 44.8 Å². The summed E-state index contributed by atoms with van der Waals surface area (Å²) < 4.78 is 13.9.